The monoisotopic (exact) mass is 207 g/mol. The number of hydrogen-bond donors (Lipinski definition) is 0. The summed E-state index contributed by atoms with van der Waals surface area (Å²) in [6, 6.07) is 4.57. The van der Waals surface area contributed by atoms with Crippen molar-refractivity contribution in [2.24, 2.45) is 0 Å². The first-order valence-electron chi connectivity index (χ1n) is 2.94. The number of rotatable bonds is 1. The SMILES string of the molecule is N#Cc1cc(S(=O)[O-])ccc1F.[Na+]. The van der Waals surface area contributed by atoms with Crippen molar-refractivity contribution in [2.75, 3.05) is 0 Å². The molecular formula is C7H3FNNaO2S. The van der Waals surface area contributed by atoms with Crippen LogP contribution in [0.4, 0.5) is 4.39 Å². The summed E-state index contributed by atoms with van der Waals surface area (Å²) in [6.07, 6.45) is 0. The second kappa shape index (κ2) is 5.47. The maximum Gasteiger partial charge on any atom is 1.00 e. The van der Waals surface area contributed by atoms with Gasteiger partial charge >= 0.3 is 29.6 Å². The van der Waals surface area contributed by atoms with Gasteiger partial charge in [0, 0.05) is 4.90 Å². The summed E-state index contributed by atoms with van der Waals surface area (Å²) in [5.74, 6) is -0.716. The Hall–Kier alpha value is -0.250. The zero-order valence-corrected chi connectivity index (χ0v) is 9.60. The molecule has 0 fully saturated rings. The second-order valence-electron chi connectivity index (χ2n) is 1.99. The van der Waals surface area contributed by atoms with Crippen LogP contribution in [0.3, 0.4) is 0 Å². The van der Waals surface area contributed by atoms with Gasteiger partial charge in [-0.05, 0) is 29.3 Å². The van der Waals surface area contributed by atoms with Crippen molar-refractivity contribution >= 4 is 11.1 Å². The van der Waals surface area contributed by atoms with Crippen molar-refractivity contribution in [3.63, 3.8) is 0 Å². The first-order valence-corrected chi connectivity index (χ1v) is 4.01. The smallest absolute Gasteiger partial charge is 0.768 e. The minimum Gasteiger partial charge on any atom is -0.768 e. The normalized spacial score (nSPS) is 11.2. The van der Waals surface area contributed by atoms with E-state index >= 15 is 0 Å². The molecule has 0 aromatic heterocycles. The molecule has 1 rings (SSSR count). The molecule has 1 unspecified atom stereocenters. The summed E-state index contributed by atoms with van der Waals surface area (Å²) in [5.41, 5.74) is -0.267. The average molecular weight is 207 g/mol. The van der Waals surface area contributed by atoms with Gasteiger partial charge in [-0.25, -0.2) is 4.39 Å². The van der Waals surface area contributed by atoms with Gasteiger partial charge in [0.25, 0.3) is 0 Å². The Bertz CT molecular complexity index is 377. The third kappa shape index (κ3) is 3.18. The van der Waals surface area contributed by atoms with Crippen LogP contribution < -0.4 is 29.6 Å². The van der Waals surface area contributed by atoms with Crippen LogP contribution in [0.15, 0.2) is 23.1 Å². The van der Waals surface area contributed by atoms with E-state index in [2.05, 4.69) is 0 Å². The van der Waals surface area contributed by atoms with Crippen molar-refractivity contribution in [1.29, 1.82) is 5.26 Å². The Morgan fingerprint density at radius 2 is 2.15 bits per heavy atom. The van der Waals surface area contributed by atoms with Crippen LogP contribution in [0.2, 0.25) is 0 Å². The molecule has 0 aliphatic carbocycles. The van der Waals surface area contributed by atoms with E-state index in [1.165, 1.54) is 0 Å². The van der Waals surface area contributed by atoms with Crippen LogP contribution in [0, 0.1) is 17.1 Å². The van der Waals surface area contributed by atoms with Gasteiger partial charge in [0.05, 0.1) is 5.56 Å². The summed E-state index contributed by atoms with van der Waals surface area (Å²) in [4.78, 5) is -0.0899. The Morgan fingerprint density at radius 3 is 2.62 bits per heavy atom. The third-order valence-electron chi connectivity index (χ3n) is 1.25. The minimum absolute atomic E-state index is 0. The molecule has 0 heterocycles. The Kier molecular flexibility index (Phi) is 5.37. The molecule has 3 nitrogen and oxygen atoms in total. The predicted molar refractivity (Wildman–Crippen MR) is 38.3 cm³/mol. The molecular weight excluding hydrogens is 204 g/mol. The molecule has 1 atom stereocenters. The number of benzene rings is 1. The minimum atomic E-state index is -2.42. The zero-order chi connectivity index (χ0) is 9.14. The zero-order valence-electron chi connectivity index (χ0n) is 6.78. The number of hydrogen-bond acceptors (Lipinski definition) is 3. The predicted octanol–water partition coefficient (Wildman–Crippen LogP) is -2.06. The maximum atomic E-state index is 12.6. The molecule has 0 saturated heterocycles. The quantitative estimate of drug-likeness (QED) is 0.393. The number of nitrogens with zero attached hydrogens (tertiary/aromatic N) is 1. The molecule has 62 valence electrons. The van der Waals surface area contributed by atoms with Gasteiger partial charge < -0.3 is 4.55 Å². The molecule has 0 aliphatic heterocycles. The second-order valence-corrected chi connectivity index (χ2v) is 2.93. The molecule has 0 spiro atoms. The van der Waals surface area contributed by atoms with Crippen molar-refractivity contribution in [1.82, 2.24) is 0 Å². The van der Waals surface area contributed by atoms with Crippen LogP contribution in [0.25, 0.3) is 0 Å². The summed E-state index contributed by atoms with van der Waals surface area (Å²) in [5, 5.41) is 8.33. The molecule has 1 aromatic carbocycles. The maximum absolute atomic E-state index is 12.6. The van der Waals surface area contributed by atoms with Gasteiger partial charge in [0.1, 0.15) is 11.9 Å². The molecule has 6 heteroatoms. The van der Waals surface area contributed by atoms with Gasteiger partial charge in [0.15, 0.2) is 0 Å². The molecule has 0 aliphatic rings. The van der Waals surface area contributed by atoms with Crippen molar-refractivity contribution < 1.29 is 42.7 Å². The Balaban J connectivity index is 0.00000144. The van der Waals surface area contributed by atoms with Crippen molar-refractivity contribution in [3.05, 3.63) is 29.6 Å². The fraction of sp³-hybridized carbons (Fsp3) is 0. The van der Waals surface area contributed by atoms with Gasteiger partial charge in [-0.1, -0.05) is 0 Å². The van der Waals surface area contributed by atoms with E-state index in [9.17, 15) is 13.2 Å². The fourth-order valence-corrected chi connectivity index (χ4v) is 1.09. The number of nitriles is 1. The molecule has 0 bridgehead atoms. The summed E-state index contributed by atoms with van der Waals surface area (Å²) < 4.78 is 33.3. The number of halogens is 1. The topological polar surface area (TPSA) is 63.9 Å². The third-order valence-corrected chi connectivity index (χ3v) is 1.89. The van der Waals surface area contributed by atoms with Crippen LogP contribution in [-0.4, -0.2) is 8.76 Å². The molecule has 0 amide bonds. The molecule has 0 radical (unpaired) electrons. The first kappa shape index (κ1) is 12.8. The van der Waals surface area contributed by atoms with Crippen LogP contribution in [-0.2, 0) is 11.1 Å². The molecule has 0 N–H and O–H groups in total. The summed E-state index contributed by atoms with van der Waals surface area (Å²) in [6.45, 7) is 0. The Labute approximate surface area is 99.1 Å². The van der Waals surface area contributed by atoms with Gasteiger partial charge in [-0.15, -0.1) is 0 Å². The van der Waals surface area contributed by atoms with E-state index in [0.29, 0.717) is 0 Å². The van der Waals surface area contributed by atoms with Crippen LogP contribution >= 0.6 is 0 Å². The van der Waals surface area contributed by atoms with E-state index in [1.807, 2.05) is 0 Å². The van der Waals surface area contributed by atoms with Crippen LogP contribution in [0.1, 0.15) is 5.56 Å². The first-order chi connectivity index (χ1) is 5.65. The van der Waals surface area contributed by atoms with E-state index in [-0.39, 0.29) is 40.0 Å². The van der Waals surface area contributed by atoms with E-state index < -0.39 is 16.9 Å². The summed E-state index contributed by atoms with van der Waals surface area (Å²) in [7, 11) is 0. The largest absolute Gasteiger partial charge is 1.00 e. The van der Waals surface area contributed by atoms with Gasteiger partial charge in [-0.2, -0.15) is 5.26 Å². The standard InChI is InChI=1S/C7H4FNO2S.Na/c8-7-2-1-6(12(10)11)3-5(7)4-9;/h1-3H,(H,10,11);/q;+1/p-1. The van der Waals surface area contributed by atoms with Crippen molar-refractivity contribution in [3.8, 4) is 6.07 Å². The van der Waals surface area contributed by atoms with Gasteiger partial charge in [0.2, 0.25) is 0 Å². The van der Waals surface area contributed by atoms with E-state index in [4.69, 9.17) is 5.26 Å². The van der Waals surface area contributed by atoms with E-state index in [1.54, 1.807) is 6.07 Å². The van der Waals surface area contributed by atoms with Gasteiger partial charge in [-0.3, -0.25) is 4.21 Å². The molecule has 13 heavy (non-hydrogen) atoms. The molecule has 1 aromatic rings. The van der Waals surface area contributed by atoms with Crippen molar-refractivity contribution in [2.45, 2.75) is 4.90 Å². The van der Waals surface area contributed by atoms with Crippen LogP contribution in [0.5, 0.6) is 0 Å². The molecule has 0 saturated carbocycles. The average Bonchev–Trinajstić information content (AvgIpc) is 2.05. The summed E-state index contributed by atoms with van der Waals surface area (Å²) >= 11 is -2.42. The Morgan fingerprint density at radius 1 is 1.54 bits per heavy atom. The van der Waals surface area contributed by atoms with E-state index in [0.717, 1.165) is 18.2 Å². The fourth-order valence-electron chi connectivity index (χ4n) is 0.694.